The standard InChI is InChI=1S/C15H15Cl2N3O/c16-11-6-12(17)8-13(7-11)21-14(10-2-5-18-9-10)15-19-3-1-4-20-15/h1,3-4,6-8,10,14,18H,2,5,9H2. The highest BCUT2D eigenvalue weighted by molar-refractivity contribution is 6.34. The molecule has 21 heavy (non-hydrogen) atoms. The van der Waals surface area contributed by atoms with Crippen molar-refractivity contribution in [2.75, 3.05) is 13.1 Å². The Kier molecular flexibility index (Phi) is 4.58. The van der Waals surface area contributed by atoms with Gasteiger partial charge in [-0.15, -0.1) is 0 Å². The summed E-state index contributed by atoms with van der Waals surface area (Å²) in [4.78, 5) is 8.67. The molecule has 2 aromatic rings. The van der Waals surface area contributed by atoms with Crippen LogP contribution in [0.25, 0.3) is 0 Å². The molecule has 1 fully saturated rings. The Morgan fingerprint density at radius 3 is 2.48 bits per heavy atom. The van der Waals surface area contributed by atoms with Crippen LogP contribution in [0.3, 0.4) is 0 Å². The fourth-order valence-electron chi connectivity index (χ4n) is 2.50. The highest BCUT2D eigenvalue weighted by Crippen LogP contribution is 2.32. The van der Waals surface area contributed by atoms with Crippen LogP contribution in [-0.4, -0.2) is 23.1 Å². The first-order valence-corrected chi connectivity index (χ1v) is 7.58. The maximum atomic E-state index is 6.11. The maximum Gasteiger partial charge on any atom is 0.169 e. The van der Waals surface area contributed by atoms with E-state index in [1.54, 1.807) is 36.7 Å². The molecule has 2 heterocycles. The number of benzene rings is 1. The van der Waals surface area contributed by atoms with Gasteiger partial charge in [-0.25, -0.2) is 9.97 Å². The smallest absolute Gasteiger partial charge is 0.169 e. The van der Waals surface area contributed by atoms with Gasteiger partial charge in [0.1, 0.15) is 5.75 Å². The van der Waals surface area contributed by atoms with E-state index in [4.69, 9.17) is 27.9 Å². The molecule has 4 nitrogen and oxygen atoms in total. The average molecular weight is 324 g/mol. The largest absolute Gasteiger partial charge is 0.482 e. The van der Waals surface area contributed by atoms with Crippen LogP contribution in [0.2, 0.25) is 10.0 Å². The minimum absolute atomic E-state index is 0.212. The first-order valence-electron chi connectivity index (χ1n) is 6.83. The van der Waals surface area contributed by atoms with Crippen LogP contribution in [0.1, 0.15) is 18.3 Å². The minimum Gasteiger partial charge on any atom is -0.482 e. The Balaban J connectivity index is 1.88. The molecule has 1 aromatic heterocycles. The number of rotatable bonds is 4. The number of hydrogen-bond donors (Lipinski definition) is 1. The molecule has 2 unspecified atom stereocenters. The maximum absolute atomic E-state index is 6.11. The number of nitrogens with one attached hydrogen (secondary N) is 1. The predicted molar refractivity (Wildman–Crippen MR) is 82.8 cm³/mol. The molecule has 0 amide bonds. The summed E-state index contributed by atoms with van der Waals surface area (Å²) >= 11 is 12.1. The van der Waals surface area contributed by atoms with E-state index in [0.717, 1.165) is 19.5 Å². The molecule has 3 rings (SSSR count). The Labute approximate surface area is 133 Å². The van der Waals surface area contributed by atoms with Gasteiger partial charge in [0.2, 0.25) is 0 Å². The van der Waals surface area contributed by atoms with E-state index in [0.29, 0.717) is 27.5 Å². The first kappa shape index (κ1) is 14.6. The zero-order chi connectivity index (χ0) is 14.7. The van der Waals surface area contributed by atoms with Crippen LogP contribution in [0.5, 0.6) is 5.75 Å². The van der Waals surface area contributed by atoms with Gasteiger partial charge in [-0.2, -0.15) is 0 Å². The summed E-state index contributed by atoms with van der Waals surface area (Å²) in [6, 6.07) is 6.99. The van der Waals surface area contributed by atoms with Gasteiger partial charge in [-0.3, -0.25) is 0 Å². The lowest BCUT2D eigenvalue weighted by Crippen LogP contribution is -2.23. The van der Waals surface area contributed by atoms with Gasteiger partial charge in [0.25, 0.3) is 0 Å². The second kappa shape index (κ2) is 6.60. The summed E-state index contributed by atoms with van der Waals surface area (Å²) in [5, 5.41) is 4.44. The third-order valence-corrected chi connectivity index (χ3v) is 3.90. The lowest BCUT2D eigenvalue weighted by atomic mass is 10.0. The lowest BCUT2D eigenvalue weighted by Gasteiger charge is -2.23. The summed E-state index contributed by atoms with van der Waals surface area (Å²) in [6.45, 7) is 1.87. The van der Waals surface area contributed by atoms with E-state index in [2.05, 4.69) is 15.3 Å². The van der Waals surface area contributed by atoms with Crippen LogP contribution in [0, 0.1) is 5.92 Å². The molecule has 1 saturated heterocycles. The van der Waals surface area contributed by atoms with Crippen molar-refractivity contribution in [3.8, 4) is 5.75 Å². The molecule has 0 spiro atoms. The van der Waals surface area contributed by atoms with Gasteiger partial charge in [0.15, 0.2) is 11.9 Å². The van der Waals surface area contributed by atoms with Crippen LogP contribution in [0.4, 0.5) is 0 Å². The zero-order valence-corrected chi connectivity index (χ0v) is 12.8. The molecular formula is C15H15Cl2N3O. The zero-order valence-electron chi connectivity index (χ0n) is 11.3. The SMILES string of the molecule is Clc1cc(Cl)cc(OC(c2ncccn2)C2CCNC2)c1. The van der Waals surface area contributed by atoms with Gasteiger partial charge in [-0.05, 0) is 37.2 Å². The molecule has 0 radical (unpaired) electrons. The molecule has 1 aliphatic heterocycles. The number of halogens is 2. The molecule has 2 atom stereocenters. The predicted octanol–water partition coefficient (Wildman–Crippen LogP) is 3.51. The van der Waals surface area contributed by atoms with Crippen molar-refractivity contribution in [2.45, 2.75) is 12.5 Å². The van der Waals surface area contributed by atoms with Crippen molar-refractivity contribution in [1.82, 2.24) is 15.3 Å². The van der Waals surface area contributed by atoms with Gasteiger partial charge in [0, 0.05) is 34.9 Å². The topological polar surface area (TPSA) is 47.0 Å². The molecule has 0 bridgehead atoms. The summed E-state index contributed by atoms with van der Waals surface area (Å²) < 4.78 is 6.11. The van der Waals surface area contributed by atoms with E-state index < -0.39 is 0 Å². The normalized spacial score (nSPS) is 19.4. The van der Waals surface area contributed by atoms with E-state index in [9.17, 15) is 0 Å². The van der Waals surface area contributed by atoms with Gasteiger partial charge in [0.05, 0.1) is 0 Å². The molecule has 0 aliphatic carbocycles. The van der Waals surface area contributed by atoms with Crippen LogP contribution < -0.4 is 10.1 Å². The summed E-state index contributed by atoms with van der Waals surface area (Å²) in [6.07, 6.45) is 4.27. The summed E-state index contributed by atoms with van der Waals surface area (Å²) in [5.41, 5.74) is 0. The number of hydrogen-bond acceptors (Lipinski definition) is 4. The van der Waals surface area contributed by atoms with Crippen LogP contribution >= 0.6 is 23.2 Å². The van der Waals surface area contributed by atoms with Crippen molar-refractivity contribution < 1.29 is 4.74 Å². The van der Waals surface area contributed by atoms with Gasteiger partial charge < -0.3 is 10.1 Å². The number of aromatic nitrogens is 2. The molecule has 1 aliphatic rings. The molecular weight excluding hydrogens is 309 g/mol. The van der Waals surface area contributed by atoms with Crippen molar-refractivity contribution in [2.24, 2.45) is 5.92 Å². The van der Waals surface area contributed by atoms with Crippen molar-refractivity contribution >= 4 is 23.2 Å². The highest BCUT2D eigenvalue weighted by Gasteiger charge is 2.30. The average Bonchev–Trinajstić information content (AvgIpc) is 2.98. The lowest BCUT2D eigenvalue weighted by molar-refractivity contribution is 0.135. The van der Waals surface area contributed by atoms with Crippen LogP contribution in [0.15, 0.2) is 36.7 Å². The third-order valence-electron chi connectivity index (χ3n) is 3.47. The Hall–Kier alpha value is -1.36. The monoisotopic (exact) mass is 323 g/mol. The number of ether oxygens (including phenoxy) is 1. The third kappa shape index (κ3) is 3.64. The summed E-state index contributed by atoms with van der Waals surface area (Å²) in [5.74, 6) is 1.64. The van der Waals surface area contributed by atoms with E-state index in [1.807, 2.05) is 0 Å². The highest BCUT2D eigenvalue weighted by atomic mass is 35.5. The minimum atomic E-state index is -0.212. The summed E-state index contributed by atoms with van der Waals surface area (Å²) in [7, 11) is 0. The van der Waals surface area contributed by atoms with Gasteiger partial charge in [-0.1, -0.05) is 23.2 Å². The van der Waals surface area contributed by atoms with Gasteiger partial charge >= 0.3 is 0 Å². The second-order valence-electron chi connectivity index (χ2n) is 5.00. The van der Waals surface area contributed by atoms with E-state index in [1.165, 1.54) is 0 Å². The van der Waals surface area contributed by atoms with Crippen molar-refractivity contribution in [1.29, 1.82) is 0 Å². The quantitative estimate of drug-likeness (QED) is 0.935. The van der Waals surface area contributed by atoms with Crippen LogP contribution in [-0.2, 0) is 0 Å². The fourth-order valence-corrected chi connectivity index (χ4v) is 3.00. The number of nitrogens with zero attached hydrogens (tertiary/aromatic N) is 2. The molecule has 110 valence electrons. The Morgan fingerprint density at radius 1 is 1.14 bits per heavy atom. The first-order chi connectivity index (χ1) is 10.2. The van der Waals surface area contributed by atoms with Crippen molar-refractivity contribution in [3.05, 3.63) is 52.5 Å². The second-order valence-corrected chi connectivity index (χ2v) is 5.88. The molecule has 0 saturated carbocycles. The van der Waals surface area contributed by atoms with E-state index in [-0.39, 0.29) is 6.10 Å². The molecule has 1 aromatic carbocycles. The van der Waals surface area contributed by atoms with Crippen molar-refractivity contribution in [3.63, 3.8) is 0 Å². The fraction of sp³-hybridized carbons (Fsp3) is 0.333. The Morgan fingerprint density at radius 2 is 1.86 bits per heavy atom. The molecule has 1 N–H and O–H groups in total. The van der Waals surface area contributed by atoms with E-state index >= 15 is 0 Å². The Bertz CT molecular complexity index is 583. The molecule has 6 heteroatoms.